The maximum absolute atomic E-state index is 14.0. The lowest BCUT2D eigenvalue weighted by Gasteiger charge is -2.40. The van der Waals surface area contributed by atoms with Crippen molar-refractivity contribution in [3.8, 4) is 5.75 Å². The molecule has 2 aliphatic rings. The van der Waals surface area contributed by atoms with Crippen molar-refractivity contribution in [1.82, 2.24) is 9.80 Å². The van der Waals surface area contributed by atoms with Gasteiger partial charge in [0.1, 0.15) is 11.6 Å². The molecular formula is C25H30FN3O3. The van der Waals surface area contributed by atoms with Crippen LogP contribution in [0.2, 0.25) is 0 Å². The fourth-order valence-electron chi connectivity index (χ4n) is 4.85. The predicted octanol–water partition coefficient (Wildman–Crippen LogP) is 3.79. The van der Waals surface area contributed by atoms with Gasteiger partial charge in [0.2, 0.25) is 5.91 Å². The second-order valence-corrected chi connectivity index (χ2v) is 8.52. The number of piperazine rings is 1. The molecular weight excluding hydrogens is 409 g/mol. The van der Waals surface area contributed by atoms with Crippen molar-refractivity contribution >= 4 is 17.5 Å². The van der Waals surface area contributed by atoms with Crippen LogP contribution in [0.1, 0.15) is 36.0 Å². The van der Waals surface area contributed by atoms with Crippen molar-refractivity contribution in [1.29, 1.82) is 0 Å². The lowest BCUT2D eigenvalue weighted by atomic mass is 9.94. The predicted molar refractivity (Wildman–Crippen MR) is 121 cm³/mol. The zero-order chi connectivity index (χ0) is 22.5. The fourth-order valence-corrected chi connectivity index (χ4v) is 4.85. The summed E-state index contributed by atoms with van der Waals surface area (Å²) in [6.45, 7) is 2.15. The Labute approximate surface area is 188 Å². The van der Waals surface area contributed by atoms with E-state index in [2.05, 4.69) is 10.2 Å². The molecule has 0 spiro atoms. The van der Waals surface area contributed by atoms with Crippen LogP contribution in [0.3, 0.4) is 0 Å². The van der Waals surface area contributed by atoms with Crippen molar-refractivity contribution in [2.75, 3.05) is 38.6 Å². The molecule has 0 radical (unpaired) electrons. The summed E-state index contributed by atoms with van der Waals surface area (Å²) in [5.74, 6) is 0.259. The highest BCUT2D eigenvalue weighted by Gasteiger charge is 2.37. The number of amides is 2. The SMILES string of the molecule is COc1ccc(NC(=O)C(C2CCCC2)N2CCN(C(=O)c3ccccc3F)CC2)cc1. The van der Waals surface area contributed by atoms with Crippen LogP contribution in [0.5, 0.6) is 5.75 Å². The molecule has 1 saturated heterocycles. The topological polar surface area (TPSA) is 61.9 Å². The molecule has 170 valence electrons. The molecule has 1 unspecified atom stereocenters. The van der Waals surface area contributed by atoms with Gasteiger partial charge in [0.25, 0.3) is 5.91 Å². The van der Waals surface area contributed by atoms with Crippen LogP contribution in [0.25, 0.3) is 0 Å². The molecule has 2 aromatic rings. The first-order valence-corrected chi connectivity index (χ1v) is 11.3. The Morgan fingerprint density at radius 1 is 1.00 bits per heavy atom. The number of nitrogens with zero attached hydrogens (tertiary/aromatic N) is 2. The lowest BCUT2D eigenvalue weighted by Crippen LogP contribution is -2.57. The van der Waals surface area contributed by atoms with Gasteiger partial charge < -0.3 is 15.0 Å². The van der Waals surface area contributed by atoms with Gasteiger partial charge in [-0.15, -0.1) is 0 Å². The van der Waals surface area contributed by atoms with Crippen LogP contribution in [-0.2, 0) is 4.79 Å². The Morgan fingerprint density at radius 3 is 2.28 bits per heavy atom. The Hall–Kier alpha value is -2.93. The number of methoxy groups -OCH3 is 1. The van der Waals surface area contributed by atoms with Gasteiger partial charge in [0, 0.05) is 31.9 Å². The smallest absolute Gasteiger partial charge is 0.256 e. The minimum atomic E-state index is -0.498. The van der Waals surface area contributed by atoms with Crippen molar-refractivity contribution in [2.24, 2.45) is 5.92 Å². The summed E-state index contributed by atoms with van der Waals surface area (Å²) in [6, 6.07) is 13.2. The number of rotatable bonds is 6. The molecule has 6 nitrogen and oxygen atoms in total. The highest BCUT2D eigenvalue weighted by molar-refractivity contribution is 5.96. The molecule has 1 N–H and O–H groups in total. The Bertz CT molecular complexity index is 936. The second kappa shape index (κ2) is 10.1. The van der Waals surface area contributed by atoms with Crippen molar-refractivity contribution < 1.29 is 18.7 Å². The van der Waals surface area contributed by atoms with Crippen LogP contribution in [-0.4, -0.2) is 60.9 Å². The highest BCUT2D eigenvalue weighted by atomic mass is 19.1. The molecule has 1 aliphatic heterocycles. The molecule has 2 amide bonds. The van der Waals surface area contributed by atoms with Crippen LogP contribution in [0.15, 0.2) is 48.5 Å². The molecule has 1 atom stereocenters. The third-order valence-electron chi connectivity index (χ3n) is 6.57. The minimum absolute atomic E-state index is 0.00375. The average Bonchev–Trinajstić information content (AvgIpc) is 3.34. The lowest BCUT2D eigenvalue weighted by molar-refractivity contribution is -0.123. The molecule has 2 fully saturated rings. The van der Waals surface area contributed by atoms with E-state index < -0.39 is 5.82 Å². The number of carbonyl (C=O) groups excluding carboxylic acids is 2. The van der Waals surface area contributed by atoms with Crippen molar-refractivity contribution in [3.63, 3.8) is 0 Å². The summed E-state index contributed by atoms with van der Waals surface area (Å²) in [6.07, 6.45) is 4.36. The Kier molecular flexibility index (Phi) is 7.05. The van der Waals surface area contributed by atoms with E-state index in [4.69, 9.17) is 4.74 Å². The summed E-state index contributed by atoms with van der Waals surface area (Å²) in [5.41, 5.74) is 0.845. The van der Waals surface area contributed by atoms with E-state index in [0.29, 0.717) is 32.1 Å². The zero-order valence-electron chi connectivity index (χ0n) is 18.4. The number of ether oxygens (including phenoxy) is 1. The molecule has 1 heterocycles. The van der Waals surface area contributed by atoms with Gasteiger partial charge in [-0.3, -0.25) is 14.5 Å². The summed E-state index contributed by atoms with van der Waals surface area (Å²) < 4.78 is 19.2. The van der Waals surface area contributed by atoms with Gasteiger partial charge in [-0.05, 0) is 55.2 Å². The minimum Gasteiger partial charge on any atom is -0.497 e. The van der Waals surface area contributed by atoms with Gasteiger partial charge in [-0.2, -0.15) is 0 Å². The monoisotopic (exact) mass is 439 g/mol. The first-order chi connectivity index (χ1) is 15.6. The van der Waals surface area contributed by atoms with E-state index in [9.17, 15) is 14.0 Å². The molecule has 2 aromatic carbocycles. The van der Waals surface area contributed by atoms with Crippen LogP contribution >= 0.6 is 0 Å². The second-order valence-electron chi connectivity index (χ2n) is 8.52. The third-order valence-corrected chi connectivity index (χ3v) is 6.57. The summed E-state index contributed by atoms with van der Waals surface area (Å²) in [5, 5.41) is 3.07. The largest absolute Gasteiger partial charge is 0.497 e. The fraction of sp³-hybridized carbons (Fsp3) is 0.440. The van der Waals surface area contributed by atoms with Crippen LogP contribution < -0.4 is 10.1 Å². The van der Waals surface area contributed by atoms with E-state index in [0.717, 1.165) is 37.1 Å². The number of nitrogens with one attached hydrogen (secondary N) is 1. The normalized spacial score (nSPS) is 18.4. The Balaban J connectivity index is 1.43. The number of hydrogen-bond donors (Lipinski definition) is 1. The van der Waals surface area contributed by atoms with E-state index in [1.807, 2.05) is 24.3 Å². The van der Waals surface area contributed by atoms with Gasteiger partial charge in [0.15, 0.2) is 0 Å². The molecule has 4 rings (SSSR count). The van der Waals surface area contributed by atoms with Crippen LogP contribution in [0.4, 0.5) is 10.1 Å². The highest BCUT2D eigenvalue weighted by Crippen LogP contribution is 2.32. The van der Waals surface area contributed by atoms with E-state index in [-0.39, 0.29) is 23.4 Å². The van der Waals surface area contributed by atoms with E-state index in [1.54, 1.807) is 24.1 Å². The number of carbonyl (C=O) groups is 2. The van der Waals surface area contributed by atoms with E-state index >= 15 is 0 Å². The summed E-state index contributed by atoms with van der Waals surface area (Å²) >= 11 is 0. The van der Waals surface area contributed by atoms with Crippen molar-refractivity contribution in [2.45, 2.75) is 31.7 Å². The number of anilines is 1. The standard InChI is InChI=1S/C25H30FN3O3/c1-32-20-12-10-19(11-13-20)27-24(30)23(18-6-2-3-7-18)28-14-16-29(17-15-28)25(31)21-8-4-5-9-22(21)26/h4-5,8-13,18,23H,2-3,6-7,14-17H2,1H3,(H,27,30). The van der Waals surface area contributed by atoms with Crippen molar-refractivity contribution in [3.05, 3.63) is 59.9 Å². The molecule has 0 aromatic heterocycles. The maximum atomic E-state index is 14.0. The third kappa shape index (κ3) is 4.93. The molecule has 32 heavy (non-hydrogen) atoms. The number of benzene rings is 2. The molecule has 1 saturated carbocycles. The quantitative estimate of drug-likeness (QED) is 0.744. The van der Waals surface area contributed by atoms with E-state index in [1.165, 1.54) is 12.1 Å². The van der Waals surface area contributed by atoms with Gasteiger partial charge >= 0.3 is 0 Å². The number of hydrogen-bond acceptors (Lipinski definition) is 4. The summed E-state index contributed by atoms with van der Waals surface area (Å²) in [4.78, 5) is 30.0. The molecule has 0 bridgehead atoms. The summed E-state index contributed by atoms with van der Waals surface area (Å²) in [7, 11) is 1.61. The van der Waals surface area contributed by atoms with Gasteiger partial charge in [-0.25, -0.2) is 4.39 Å². The number of halogens is 1. The molecule has 7 heteroatoms. The van der Waals surface area contributed by atoms with Gasteiger partial charge in [0.05, 0.1) is 18.7 Å². The first kappa shape index (κ1) is 22.3. The van der Waals surface area contributed by atoms with Crippen LogP contribution in [0, 0.1) is 11.7 Å². The first-order valence-electron chi connectivity index (χ1n) is 11.3. The Morgan fingerprint density at radius 2 is 1.66 bits per heavy atom. The zero-order valence-corrected chi connectivity index (χ0v) is 18.4. The maximum Gasteiger partial charge on any atom is 0.256 e. The van der Waals surface area contributed by atoms with Gasteiger partial charge in [-0.1, -0.05) is 25.0 Å². The average molecular weight is 440 g/mol. The molecule has 1 aliphatic carbocycles.